The van der Waals surface area contributed by atoms with Crippen molar-refractivity contribution in [3.63, 3.8) is 0 Å². The third-order valence-corrected chi connectivity index (χ3v) is 8.41. The van der Waals surface area contributed by atoms with Gasteiger partial charge in [-0.15, -0.1) is 0 Å². The summed E-state index contributed by atoms with van der Waals surface area (Å²) >= 11 is -2.83. The number of carbonyl (C=O) groups is 2. The standard InChI is InChI=1S/C12H16NO3.C2HF3O2.Hg/c1-9(14)13-7-6-10-4-5-11(15-2)12(8-10)16-3;3-2(4,5)1(6)7;/h5,8H,6-7H2,1-3H3,(H,13,14);(H,6,7);/q;;+1/p-1. The summed E-state index contributed by atoms with van der Waals surface area (Å²) in [4.78, 5) is 21.9. The Morgan fingerprint density at radius 2 is 1.75 bits per heavy atom. The molecule has 0 radical (unpaired) electrons. The molecule has 1 amide bonds. The van der Waals surface area contributed by atoms with E-state index in [2.05, 4.69) is 7.96 Å². The second kappa shape index (κ2) is 9.09. The number of carbonyl (C=O) groups excluding carboxylic acids is 2. The number of amides is 1. The van der Waals surface area contributed by atoms with Crippen LogP contribution in [-0.4, -0.2) is 38.8 Å². The van der Waals surface area contributed by atoms with Crippen molar-refractivity contribution < 1.29 is 59.9 Å². The Morgan fingerprint density at radius 1 is 1.17 bits per heavy atom. The van der Waals surface area contributed by atoms with Crippen LogP contribution in [0.1, 0.15) is 12.5 Å². The van der Waals surface area contributed by atoms with Gasteiger partial charge in [-0.2, -0.15) is 0 Å². The van der Waals surface area contributed by atoms with Gasteiger partial charge in [-0.25, -0.2) is 0 Å². The van der Waals surface area contributed by atoms with Crippen LogP contribution in [0.15, 0.2) is 12.1 Å². The third-order valence-electron chi connectivity index (χ3n) is 3.06. The first-order valence-electron chi connectivity index (χ1n) is 6.91. The van der Waals surface area contributed by atoms with E-state index in [9.17, 15) is 22.8 Å². The molecule has 1 rings (SSSR count). The van der Waals surface area contributed by atoms with Gasteiger partial charge in [0, 0.05) is 0 Å². The summed E-state index contributed by atoms with van der Waals surface area (Å²) in [6.45, 7) is 1.67. The summed E-state index contributed by atoms with van der Waals surface area (Å²) in [7, 11) is 2.83. The number of halogens is 3. The minimum absolute atomic E-state index is 0.217. The minimum atomic E-state index is -5.01. The molecule has 0 atom stereocenters. The molecular formula is C14H16F3HgNO5. The van der Waals surface area contributed by atoms with Gasteiger partial charge in [-0.1, -0.05) is 0 Å². The number of alkyl halides is 3. The van der Waals surface area contributed by atoms with Crippen molar-refractivity contribution in [2.45, 2.75) is 19.5 Å². The molecule has 0 bridgehead atoms. The first-order chi connectivity index (χ1) is 11.2. The summed E-state index contributed by atoms with van der Waals surface area (Å²) in [5, 5.41) is 2.60. The van der Waals surface area contributed by atoms with Gasteiger partial charge in [0.15, 0.2) is 0 Å². The van der Waals surface area contributed by atoms with E-state index in [1.807, 2.05) is 0 Å². The molecule has 0 saturated heterocycles. The molecule has 0 aliphatic rings. The van der Waals surface area contributed by atoms with Crippen LogP contribution in [0.2, 0.25) is 0 Å². The van der Waals surface area contributed by atoms with Crippen LogP contribution in [0.3, 0.4) is 0 Å². The summed E-state index contributed by atoms with van der Waals surface area (Å²) in [5.74, 6) is -1.63. The van der Waals surface area contributed by atoms with Crippen LogP contribution in [-0.2, 0) is 43.7 Å². The number of ether oxygens (including phenoxy) is 2. The molecule has 1 aromatic rings. The monoisotopic (exact) mass is 537 g/mol. The van der Waals surface area contributed by atoms with E-state index in [4.69, 9.17) is 9.47 Å². The zero-order valence-electron chi connectivity index (χ0n) is 13.5. The molecule has 1 N–H and O–H groups in total. The van der Waals surface area contributed by atoms with Crippen LogP contribution < -0.4 is 17.9 Å². The molecule has 0 heterocycles. The zero-order chi connectivity index (χ0) is 18.3. The van der Waals surface area contributed by atoms with Gasteiger partial charge in [0.2, 0.25) is 0 Å². The summed E-state index contributed by atoms with van der Waals surface area (Å²) in [6, 6.07) is 3.16. The molecule has 24 heavy (non-hydrogen) atoms. The van der Waals surface area contributed by atoms with Crippen molar-refractivity contribution in [3.05, 3.63) is 17.7 Å². The fourth-order valence-electron chi connectivity index (χ4n) is 1.93. The average molecular weight is 536 g/mol. The van der Waals surface area contributed by atoms with E-state index in [-0.39, 0.29) is 5.91 Å². The van der Waals surface area contributed by atoms with Crippen molar-refractivity contribution in [2.24, 2.45) is 0 Å². The Morgan fingerprint density at radius 3 is 2.25 bits per heavy atom. The SMILES string of the molecule is COc1cc(CCNC(C)=O)[c]([Hg][O]C(=O)C(F)(F)F)cc1OC. The topological polar surface area (TPSA) is 73.9 Å². The molecule has 0 spiro atoms. The summed E-state index contributed by atoms with van der Waals surface area (Å²) in [5.41, 5.74) is 0.665. The van der Waals surface area contributed by atoms with Crippen molar-refractivity contribution in [1.29, 1.82) is 0 Å². The Balaban J connectivity index is 3.00. The molecule has 0 fully saturated rings. The average Bonchev–Trinajstić information content (AvgIpc) is 2.51. The molecule has 0 aliphatic carbocycles. The second-order valence-corrected chi connectivity index (χ2v) is 9.99. The van der Waals surface area contributed by atoms with Crippen LogP contribution in [0, 0.1) is 0 Å². The van der Waals surface area contributed by atoms with Gasteiger partial charge < -0.3 is 0 Å². The van der Waals surface area contributed by atoms with Gasteiger partial charge in [0.05, 0.1) is 0 Å². The maximum absolute atomic E-state index is 12.3. The van der Waals surface area contributed by atoms with E-state index in [1.165, 1.54) is 27.2 Å². The molecular weight excluding hydrogens is 520 g/mol. The second-order valence-electron chi connectivity index (χ2n) is 4.78. The molecule has 1 aromatic carbocycles. The van der Waals surface area contributed by atoms with Crippen LogP contribution in [0.25, 0.3) is 0 Å². The van der Waals surface area contributed by atoms with Gasteiger partial charge in [0.25, 0.3) is 0 Å². The third kappa shape index (κ3) is 6.18. The fraction of sp³-hybridized carbons (Fsp3) is 0.429. The van der Waals surface area contributed by atoms with Crippen molar-refractivity contribution in [2.75, 3.05) is 20.8 Å². The van der Waals surface area contributed by atoms with E-state index in [0.717, 1.165) is 0 Å². The summed E-state index contributed by atoms with van der Waals surface area (Å²) < 4.78 is 52.2. The number of hydrogen-bond acceptors (Lipinski definition) is 5. The number of hydrogen-bond donors (Lipinski definition) is 1. The molecule has 130 valence electrons. The maximum atomic E-state index is 12.3. The first kappa shape index (κ1) is 20.5. The molecule has 0 aliphatic heterocycles. The van der Waals surface area contributed by atoms with Crippen molar-refractivity contribution in [3.8, 4) is 11.5 Å². The van der Waals surface area contributed by atoms with Crippen molar-refractivity contribution in [1.82, 2.24) is 5.32 Å². The van der Waals surface area contributed by atoms with Gasteiger partial charge >= 0.3 is 150 Å². The molecule has 0 aromatic heterocycles. The van der Waals surface area contributed by atoms with E-state index < -0.39 is 37.2 Å². The Bertz CT molecular complexity index is 607. The van der Waals surface area contributed by atoms with Crippen molar-refractivity contribution >= 4 is 14.9 Å². The van der Waals surface area contributed by atoms with Crippen LogP contribution in [0.5, 0.6) is 11.5 Å². The van der Waals surface area contributed by atoms with Crippen LogP contribution >= 0.6 is 0 Å². The van der Waals surface area contributed by atoms with E-state index in [0.29, 0.717) is 33.1 Å². The Hall–Kier alpha value is -1.51. The molecule has 0 saturated carbocycles. The quantitative estimate of drug-likeness (QED) is 0.530. The van der Waals surface area contributed by atoms with E-state index in [1.54, 1.807) is 6.07 Å². The van der Waals surface area contributed by atoms with Gasteiger partial charge in [0.1, 0.15) is 0 Å². The molecule has 10 heteroatoms. The number of nitrogens with one attached hydrogen (secondary N) is 1. The fourth-order valence-corrected chi connectivity index (χ4v) is 6.53. The summed E-state index contributed by atoms with van der Waals surface area (Å²) in [6.07, 6.45) is -4.63. The predicted molar refractivity (Wildman–Crippen MR) is 73.7 cm³/mol. The molecule has 6 nitrogen and oxygen atoms in total. The molecule has 0 unspecified atom stereocenters. The first-order valence-corrected chi connectivity index (χ1v) is 11.9. The number of rotatable bonds is 7. The number of benzene rings is 1. The van der Waals surface area contributed by atoms with E-state index >= 15 is 0 Å². The normalized spacial score (nSPS) is 10.6. The predicted octanol–water partition coefficient (Wildman–Crippen LogP) is 1.11. The van der Waals surface area contributed by atoms with Gasteiger partial charge in [-0.3, -0.25) is 0 Å². The Labute approximate surface area is 149 Å². The Kier molecular flexibility index (Phi) is 7.78. The van der Waals surface area contributed by atoms with Gasteiger partial charge in [-0.05, 0) is 0 Å². The zero-order valence-corrected chi connectivity index (χ0v) is 18.9. The van der Waals surface area contributed by atoms with Crippen LogP contribution in [0.4, 0.5) is 13.2 Å². The number of methoxy groups -OCH3 is 2.